The fraction of sp³-hybridized carbons (Fsp3) is 0.800. The average Bonchev–Trinajstić information content (AvgIpc) is 2.55. The molecule has 0 saturated carbocycles. The van der Waals surface area contributed by atoms with Gasteiger partial charge in [0, 0.05) is 19.7 Å². The van der Waals surface area contributed by atoms with E-state index in [9.17, 15) is 0 Å². The number of hydrazine groups is 2. The topological polar surface area (TPSA) is 154 Å². The third-order valence-electron chi connectivity index (χ3n) is 3.07. The second kappa shape index (κ2) is 9.57. The SMILES string of the molecule is CO[Si](CCCNc1nc(NN)nc(NN)n1)(OC(C)(C)C)OC(C)(C)C. The number of nitrogens with zero attached hydrogens (tertiary/aromatic N) is 3. The molecule has 1 rings (SSSR count). The van der Waals surface area contributed by atoms with Gasteiger partial charge in [0.2, 0.25) is 17.8 Å². The summed E-state index contributed by atoms with van der Waals surface area (Å²) in [7, 11) is -1.23. The third-order valence-corrected chi connectivity index (χ3v) is 6.51. The molecule has 1 aromatic rings. The zero-order valence-electron chi connectivity index (χ0n) is 17.3. The molecule has 0 radical (unpaired) electrons. The molecule has 12 heteroatoms. The molecule has 156 valence electrons. The summed E-state index contributed by atoms with van der Waals surface area (Å²) in [6.07, 6.45) is 0.731. The Morgan fingerprint density at radius 3 is 1.67 bits per heavy atom. The summed E-state index contributed by atoms with van der Waals surface area (Å²) in [6, 6.07) is 0.639. The van der Waals surface area contributed by atoms with E-state index < -0.39 is 8.80 Å². The maximum absolute atomic E-state index is 6.25. The van der Waals surface area contributed by atoms with E-state index in [4.69, 9.17) is 25.0 Å². The molecule has 0 saturated heterocycles. The van der Waals surface area contributed by atoms with Gasteiger partial charge in [-0.2, -0.15) is 15.0 Å². The van der Waals surface area contributed by atoms with Crippen molar-refractivity contribution in [3.8, 4) is 0 Å². The van der Waals surface area contributed by atoms with Crippen molar-refractivity contribution in [3.63, 3.8) is 0 Å². The van der Waals surface area contributed by atoms with Crippen molar-refractivity contribution < 1.29 is 13.3 Å². The molecule has 27 heavy (non-hydrogen) atoms. The van der Waals surface area contributed by atoms with E-state index in [0.29, 0.717) is 18.5 Å². The lowest BCUT2D eigenvalue weighted by atomic mass is 10.2. The van der Waals surface area contributed by atoms with Crippen molar-refractivity contribution in [2.45, 2.75) is 65.2 Å². The molecule has 0 aliphatic carbocycles. The summed E-state index contributed by atoms with van der Waals surface area (Å²) in [5.41, 5.74) is 3.98. The zero-order valence-corrected chi connectivity index (χ0v) is 18.3. The van der Waals surface area contributed by atoms with Gasteiger partial charge in [-0.05, 0) is 48.0 Å². The second-order valence-corrected chi connectivity index (χ2v) is 10.6. The first-order valence-corrected chi connectivity index (χ1v) is 10.7. The summed E-state index contributed by atoms with van der Waals surface area (Å²) in [6.45, 7) is 12.5. The predicted octanol–water partition coefficient (Wildman–Crippen LogP) is 1.46. The van der Waals surface area contributed by atoms with E-state index in [1.807, 2.05) is 41.5 Å². The van der Waals surface area contributed by atoms with Crippen molar-refractivity contribution in [2.75, 3.05) is 29.8 Å². The first kappa shape index (κ1) is 23.5. The molecule has 0 fully saturated rings. The Labute approximate surface area is 162 Å². The van der Waals surface area contributed by atoms with Crippen LogP contribution in [0.25, 0.3) is 0 Å². The van der Waals surface area contributed by atoms with Crippen LogP contribution in [-0.4, -0.2) is 48.6 Å². The minimum absolute atomic E-state index is 0.202. The van der Waals surface area contributed by atoms with E-state index in [1.54, 1.807) is 7.11 Å². The van der Waals surface area contributed by atoms with Gasteiger partial charge in [-0.25, -0.2) is 11.7 Å². The molecule has 0 bridgehead atoms. The highest BCUT2D eigenvalue weighted by Gasteiger charge is 2.46. The molecule has 0 aliphatic rings. The fourth-order valence-corrected chi connectivity index (χ4v) is 5.42. The number of aromatic nitrogens is 3. The van der Waals surface area contributed by atoms with Crippen molar-refractivity contribution in [1.82, 2.24) is 15.0 Å². The minimum atomic E-state index is -2.87. The number of rotatable bonds is 10. The van der Waals surface area contributed by atoms with Crippen molar-refractivity contribution in [3.05, 3.63) is 0 Å². The molecule has 0 amide bonds. The van der Waals surface area contributed by atoms with Crippen LogP contribution in [0.15, 0.2) is 0 Å². The Balaban J connectivity index is 2.76. The molecule has 11 nitrogen and oxygen atoms in total. The Kier molecular flexibility index (Phi) is 8.32. The number of hydrogen-bond acceptors (Lipinski definition) is 11. The normalized spacial score (nSPS) is 12.8. The number of hydrogen-bond donors (Lipinski definition) is 5. The van der Waals surface area contributed by atoms with Crippen LogP contribution in [0, 0.1) is 0 Å². The number of anilines is 3. The standard InChI is InChI=1S/C15H34N8O3Si/c1-14(2,3)25-27(24-7,26-15(4,5)6)10-8-9-18-11-19-12(22-16)21-13(20-11)23-17/h8-10,16-17H2,1-7H3,(H3,18,19,20,21,22,23). The van der Waals surface area contributed by atoms with Crippen molar-refractivity contribution in [2.24, 2.45) is 11.7 Å². The highest BCUT2D eigenvalue weighted by molar-refractivity contribution is 6.60. The van der Waals surface area contributed by atoms with Gasteiger partial charge >= 0.3 is 8.80 Å². The smallest absolute Gasteiger partial charge is 0.377 e. The zero-order chi connectivity index (χ0) is 20.7. The number of nitrogens with one attached hydrogen (secondary N) is 3. The van der Waals surface area contributed by atoms with E-state index in [0.717, 1.165) is 6.42 Å². The largest absolute Gasteiger partial charge is 0.501 e. The lowest BCUT2D eigenvalue weighted by molar-refractivity contribution is -0.0364. The monoisotopic (exact) mass is 402 g/mol. The van der Waals surface area contributed by atoms with Crippen LogP contribution < -0.4 is 27.9 Å². The van der Waals surface area contributed by atoms with Crippen LogP contribution in [0.4, 0.5) is 17.8 Å². The first-order valence-electron chi connectivity index (χ1n) is 8.80. The number of nitrogen functional groups attached to an aromatic ring is 2. The van der Waals surface area contributed by atoms with Gasteiger partial charge in [0.05, 0.1) is 11.2 Å². The maximum atomic E-state index is 6.25. The Morgan fingerprint density at radius 1 is 0.852 bits per heavy atom. The quantitative estimate of drug-likeness (QED) is 0.167. The van der Waals surface area contributed by atoms with Crippen LogP contribution in [0.3, 0.4) is 0 Å². The van der Waals surface area contributed by atoms with Crippen LogP contribution >= 0.6 is 0 Å². The third kappa shape index (κ3) is 8.77. The van der Waals surface area contributed by atoms with E-state index in [-0.39, 0.29) is 23.1 Å². The van der Waals surface area contributed by atoms with Crippen LogP contribution in [0.5, 0.6) is 0 Å². The van der Waals surface area contributed by atoms with Crippen molar-refractivity contribution >= 4 is 26.6 Å². The maximum Gasteiger partial charge on any atom is 0.501 e. The summed E-state index contributed by atoms with van der Waals surface area (Å²) < 4.78 is 18.3. The van der Waals surface area contributed by atoms with Gasteiger partial charge in [0.15, 0.2) is 0 Å². The average molecular weight is 403 g/mol. The Bertz CT molecular complexity index is 553. The van der Waals surface area contributed by atoms with Gasteiger partial charge in [-0.15, -0.1) is 0 Å². The van der Waals surface area contributed by atoms with Gasteiger partial charge in [0.25, 0.3) is 0 Å². The van der Waals surface area contributed by atoms with E-state index >= 15 is 0 Å². The van der Waals surface area contributed by atoms with Gasteiger partial charge in [-0.3, -0.25) is 10.9 Å². The Hall–Kier alpha value is -1.57. The molecular formula is C15H34N8O3Si. The first-order chi connectivity index (χ1) is 12.4. The summed E-state index contributed by atoms with van der Waals surface area (Å²) in [5.74, 6) is 11.4. The second-order valence-electron chi connectivity index (χ2n) is 7.94. The van der Waals surface area contributed by atoms with Crippen LogP contribution in [-0.2, 0) is 13.3 Å². The molecule has 7 N–H and O–H groups in total. The highest BCUT2D eigenvalue weighted by atomic mass is 28.4. The van der Waals surface area contributed by atoms with Gasteiger partial charge in [0.1, 0.15) is 0 Å². The summed E-state index contributed by atoms with van der Waals surface area (Å²) in [5, 5.41) is 3.12. The molecular weight excluding hydrogens is 368 g/mol. The number of nitrogens with two attached hydrogens (primary N) is 2. The molecule has 0 unspecified atom stereocenters. The van der Waals surface area contributed by atoms with E-state index in [2.05, 4.69) is 31.1 Å². The van der Waals surface area contributed by atoms with E-state index in [1.165, 1.54) is 0 Å². The van der Waals surface area contributed by atoms with Gasteiger partial charge < -0.3 is 18.6 Å². The highest BCUT2D eigenvalue weighted by Crippen LogP contribution is 2.28. The molecule has 0 atom stereocenters. The minimum Gasteiger partial charge on any atom is -0.377 e. The fourth-order valence-electron chi connectivity index (χ4n) is 2.33. The predicted molar refractivity (Wildman–Crippen MR) is 108 cm³/mol. The molecule has 1 aromatic heterocycles. The summed E-state index contributed by atoms with van der Waals surface area (Å²) in [4.78, 5) is 12.2. The lowest BCUT2D eigenvalue weighted by Crippen LogP contribution is -2.53. The van der Waals surface area contributed by atoms with Crippen molar-refractivity contribution in [1.29, 1.82) is 0 Å². The van der Waals surface area contributed by atoms with Gasteiger partial charge in [-0.1, -0.05) is 0 Å². The molecule has 1 heterocycles. The Morgan fingerprint density at radius 2 is 1.30 bits per heavy atom. The molecule has 0 aromatic carbocycles. The molecule has 0 spiro atoms. The van der Waals surface area contributed by atoms with Crippen LogP contribution in [0.1, 0.15) is 48.0 Å². The molecule has 0 aliphatic heterocycles. The van der Waals surface area contributed by atoms with Crippen LogP contribution in [0.2, 0.25) is 6.04 Å². The summed E-state index contributed by atoms with van der Waals surface area (Å²) >= 11 is 0. The lowest BCUT2D eigenvalue weighted by Gasteiger charge is -2.39.